The molecule has 17 heavy (non-hydrogen) atoms. The van der Waals surface area contributed by atoms with Crippen LogP contribution in [0.25, 0.3) is 0 Å². The molecule has 96 valence electrons. The van der Waals surface area contributed by atoms with Crippen molar-refractivity contribution in [3.8, 4) is 0 Å². The second-order valence-corrected chi connectivity index (χ2v) is 5.08. The number of rotatable bonds is 2. The van der Waals surface area contributed by atoms with E-state index < -0.39 is 23.2 Å². The first-order valence-electron chi connectivity index (χ1n) is 5.64. The lowest BCUT2D eigenvalue weighted by Gasteiger charge is -2.34. The Kier molecular flexibility index (Phi) is 3.50. The Bertz CT molecular complexity index is 356. The molecule has 0 spiro atoms. The summed E-state index contributed by atoms with van der Waals surface area (Å²) in [5.41, 5.74) is -1.89. The Morgan fingerprint density at radius 1 is 1.47 bits per heavy atom. The van der Waals surface area contributed by atoms with Crippen molar-refractivity contribution in [2.24, 2.45) is 0 Å². The van der Waals surface area contributed by atoms with Gasteiger partial charge in [-0.2, -0.15) is 0 Å². The number of hydrogen-bond acceptors (Lipinski definition) is 3. The molecule has 0 bridgehead atoms. The molecule has 5 heteroatoms. The SMILES string of the molecule is CC[C@]1(C(=O)O)C=CCN1C(=O)OC(C)(C)C. The van der Waals surface area contributed by atoms with Gasteiger partial charge in [-0.15, -0.1) is 0 Å². The molecule has 0 saturated heterocycles. The van der Waals surface area contributed by atoms with Crippen LogP contribution in [0.4, 0.5) is 4.79 Å². The van der Waals surface area contributed by atoms with E-state index in [0.717, 1.165) is 0 Å². The van der Waals surface area contributed by atoms with Gasteiger partial charge >= 0.3 is 12.1 Å². The van der Waals surface area contributed by atoms with Crippen LogP contribution in [0.1, 0.15) is 34.1 Å². The molecule has 1 atom stereocenters. The molecule has 1 aliphatic rings. The second kappa shape index (κ2) is 4.39. The second-order valence-electron chi connectivity index (χ2n) is 5.08. The number of amides is 1. The van der Waals surface area contributed by atoms with E-state index in [4.69, 9.17) is 4.74 Å². The number of carbonyl (C=O) groups excluding carboxylic acids is 1. The van der Waals surface area contributed by atoms with Crippen LogP contribution in [-0.2, 0) is 9.53 Å². The largest absolute Gasteiger partial charge is 0.479 e. The fraction of sp³-hybridized carbons (Fsp3) is 0.667. The Hall–Kier alpha value is -1.52. The number of aliphatic carboxylic acids is 1. The summed E-state index contributed by atoms with van der Waals surface area (Å²) in [4.78, 5) is 24.5. The molecule has 0 radical (unpaired) electrons. The average molecular weight is 241 g/mol. The van der Waals surface area contributed by atoms with Gasteiger partial charge in [0, 0.05) is 6.54 Å². The highest BCUT2D eigenvalue weighted by atomic mass is 16.6. The first-order valence-corrected chi connectivity index (χ1v) is 5.64. The average Bonchev–Trinajstić information content (AvgIpc) is 2.59. The minimum atomic E-state index is -1.26. The number of carbonyl (C=O) groups is 2. The van der Waals surface area contributed by atoms with Gasteiger partial charge in [0.15, 0.2) is 5.54 Å². The smallest absolute Gasteiger partial charge is 0.411 e. The number of carboxylic acids is 1. The van der Waals surface area contributed by atoms with E-state index in [1.165, 1.54) is 4.90 Å². The van der Waals surface area contributed by atoms with Gasteiger partial charge in [0.1, 0.15) is 5.60 Å². The Labute approximate surface area is 101 Å². The van der Waals surface area contributed by atoms with E-state index in [0.29, 0.717) is 6.42 Å². The molecule has 0 aromatic heterocycles. The molecule has 1 rings (SSSR count). The molecular formula is C12H19NO4. The molecule has 0 aromatic rings. The normalized spacial score (nSPS) is 23.9. The fourth-order valence-electron chi connectivity index (χ4n) is 1.81. The van der Waals surface area contributed by atoms with Gasteiger partial charge in [-0.05, 0) is 33.3 Å². The van der Waals surface area contributed by atoms with Crippen LogP contribution in [0.2, 0.25) is 0 Å². The van der Waals surface area contributed by atoms with E-state index in [-0.39, 0.29) is 6.54 Å². The van der Waals surface area contributed by atoms with Crippen molar-refractivity contribution in [3.05, 3.63) is 12.2 Å². The van der Waals surface area contributed by atoms with Crippen LogP contribution in [-0.4, -0.2) is 39.8 Å². The molecule has 5 nitrogen and oxygen atoms in total. The molecule has 1 N–H and O–H groups in total. The van der Waals surface area contributed by atoms with Crippen molar-refractivity contribution in [1.29, 1.82) is 0 Å². The summed E-state index contributed by atoms with van der Waals surface area (Å²) in [6.45, 7) is 7.27. The van der Waals surface area contributed by atoms with Crippen molar-refractivity contribution in [2.45, 2.75) is 45.3 Å². The van der Waals surface area contributed by atoms with E-state index in [1.807, 2.05) is 0 Å². The van der Waals surface area contributed by atoms with Crippen LogP contribution >= 0.6 is 0 Å². The van der Waals surface area contributed by atoms with Crippen molar-refractivity contribution in [1.82, 2.24) is 4.90 Å². The number of nitrogens with zero attached hydrogens (tertiary/aromatic N) is 1. The van der Waals surface area contributed by atoms with E-state index in [9.17, 15) is 14.7 Å². The summed E-state index contributed by atoms with van der Waals surface area (Å²) in [7, 11) is 0. The standard InChI is InChI=1S/C12H19NO4/c1-5-12(9(14)15)7-6-8-13(12)10(16)17-11(2,3)4/h6-7H,5,8H2,1-4H3,(H,14,15)/t12-/m1/s1. The number of carboxylic acid groups (broad SMARTS) is 1. The summed E-state index contributed by atoms with van der Waals surface area (Å²) in [6, 6.07) is 0. The summed E-state index contributed by atoms with van der Waals surface area (Å²) in [6.07, 6.45) is 2.96. The molecule has 0 aromatic carbocycles. The number of ether oxygens (including phenoxy) is 1. The molecule has 1 aliphatic heterocycles. The highest BCUT2D eigenvalue weighted by Gasteiger charge is 2.47. The van der Waals surface area contributed by atoms with Gasteiger partial charge in [0.2, 0.25) is 0 Å². The van der Waals surface area contributed by atoms with Crippen LogP contribution in [0.15, 0.2) is 12.2 Å². The van der Waals surface area contributed by atoms with Crippen molar-refractivity contribution in [2.75, 3.05) is 6.54 Å². The minimum Gasteiger partial charge on any atom is -0.479 e. The Balaban J connectivity index is 2.92. The lowest BCUT2D eigenvalue weighted by atomic mass is 9.96. The van der Waals surface area contributed by atoms with Crippen molar-refractivity contribution in [3.63, 3.8) is 0 Å². The zero-order valence-corrected chi connectivity index (χ0v) is 10.7. The van der Waals surface area contributed by atoms with Gasteiger partial charge in [0.25, 0.3) is 0 Å². The van der Waals surface area contributed by atoms with Crippen molar-refractivity contribution >= 4 is 12.1 Å². The van der Waals surface area contributed by atoms with Gasteiger partial charge < -0.3 is 9.84 Å². The first-order chi connectivity index (χ1) is 7.73. The molecule has 0 saturated carbocycles. The molecule has 0 fully saturated rings. The highest BCUT2D eigenvalue weighted by molar-refractivity contribution is 5.87. The third-order valence-electron chi connectivity index (χ3n) is 2.69. The van der Waals surface area contributed by atoms with Crippen molar-refractivity contribution < 1.29 is 19.4 Å². The van der Waals surface area contributed by atoms with Gasteiger partial charge in [-0.25, -0.2) is 9.59 Å². The monoisotopic (exact) mass is 241 g/mol. The topological polar surface area (TPSA) is 66.8 Å². The van der Waals surface area contributed by atoms with Crippen LogP contribution in [0.5, 0.6) is 0 Å². The van der Waals surface area contributed by atoms with Crippen LogP contribution < -0.4 is 0 Å². The predicted octanol–water partition coefficient (Wildman–Crippen LogP) is 2.03. The fourth-order valence-corrected chi connectivity index (χ4v) is 1.81. The van der Waals surface area contributed by atoms with E-state index >= 15 is 0 Å². The number of hydrogen-bond donors (Lipinski definition) is 1. The maximum Gasteiger partial charge on any atom is 0.411 e. The first kappa shape index (κ1) is 13.5. The lowest BCUT2D eigenvalue weighted by molar-refractivity contribution is -0.147. The molecule has 1 heterocycles. The zero-order chi connectivity index (χ0) is 13.3. The highest BCUT2D eigenvalue weighted by Crippen LogP contribution is 2.29. The third kappa shape index (κ3) is 2.60. The van der Waals surface area contributed by atoms with Gasteiger partial charge in [-0.1, -0.05) is 13.0 Å². The van der Waals surface area contributed by atoms with E-state index in [1.54, 1.807) is 39.8 Å². The minimum absolute atomic E-state index is 0.273. The molecule has 0 aliphatic carbocycles. The van der Waals surface area contributed by atoms with Gasteiger partial charge in [-0.3, -0.25) is 4.90 Å². The maximum absolute atomic E-state index is 11.9. The molecule has 1 amide bonds. The summed E-state index contributed by atoms with van der Waals surface area (Å²) >= 11 is 0. The Morgan fingerprint density at radius 2 is 2.06 bits per heavy atom. The third-order valence-corrected chi connectivity index (χ3v) is 2.69. The predicted molar refractivity (Wildman–Crippen MR) is 62.7 cm³/mol. The maximum atomic E-state index is 11.9. The summed E-state index contributed by atoms with van der Waals surface area (Å²) < 4.78 is 5.21. The van der Waals surface area contributed by atoms with E-state index in [2.05, 4.69) is 0 Å². The van der Waals surface area contributed by atoms with Crippen LogP contribution in [0.3, 0.4) is 0 Å². The Morgan fingerprint density at radius 3 is 2.47 bits per heavy atom. The molecule has 0 unspecified atom stereocenters. The van der Waals surface area contributed by atoms with Gasteiger partial charge in [0.05, 0.1) is 0 Å². The lowest BCUT2D eigenvalue weighted by Crippen LogP contribution is -2.54. The molecular weight excluding hydrogens is 222 g/mol. The zero-order valence-electron chi connectivity index (χ0n) is 10.7. The summed E-state index contributed by atoms with van der Waals surface area (Å²) in [5, 5.41) is 9.28. The van der Waals surface area contributed by atoms with Crippen LogP contribution in [0, 0.1) is 0 Å². The summed E-state index contributed by atoms with van der Waals surface area (Å²) in [5.74, 6) is -1.03. The quantitative estimate of drug-likeness (QED) is 0.751.